The summed E-state index contributed by atoms with van der Waals surface area (Å²) >= 11 is 0. The fourth-order valence-electron chi connectivity index (χ4n) is 1.65. The first-order chi connectivity index (χ1) is 8.86. The first-order valence-electron chi connectivity index (χ1n) is 6.21. The average molecular weight is 274 g/mol. The quantitative estimate of drug-likeness (QED) is 0.570. The van der Waals surface area contributed by atoms with Crippen molar-refractivity contribution in [2.24, 2.45) is 0 Å². The smallest absolute Gasteiger partial charge is 0.454 e. The molecule has 1 rings (SSSR count). The van der Waals surface area contributed by atoms with Crippen molar-refractivity contribution in [3.05, 3.63) is 29.3 Å². The average Bonchev–Trinajstić information content (AvgIpc) is 2.34. The molecule has 0 bridgehead atoms. The Hall–Kier alpha value is -1.52. The third-order valence-corrected chi connectivity index (χ3v) is 2.70. The molecule has 2 nitrogen and oxygen atoms in total. The van der Waals surface area contributed by atoms with Crippen LogP contribution in [0.3, 0.4) is 0 Å². The molecule has 0 N–H and O–H groups in total. The van der Waals surface area contributed by atoms with E-state index < -0.39 is 12.0 Å². The largest absolute Gasteiger partial charge is 0.493 e. The van der Waals surface area contributed by atoms with Gasteiger partial charge in [-0.1, -0.05) is 19.8 Å². The van der Waals surface area contributed by atoms with E-state index in [1.807, 2.05) is 0 Å². The summed E-state index contributed by atoms with van der Waals surface area (Å²) in [5.41, 5.74) is 0.178. The van der Waals surface area contributed by atoms with Gasteiger partial charge in [-0.3, -0.25) is 4.79 Å². The summed E-state index contributed by atoms with van der Waals surface area (Å²) in [7, 11) is 0. The van der Waals surface area contributed by atoms with Crippen molar-refractivity contribution in [3.8, 4) is 5.75 Å². The Kier molecular flexibility index (Phi) is 5.39. The molecule has 0 aliphatic heterocycles. The highest BCUT2D eigenvalue weighted by atomic mass is 19.4. The maximum atomic E-state index is 12.3. The van der Waals surface area contributed by atoms with Gasteiger partial charge in [0.15, 0.2) is 0 Å². The third kappa shape index (κ3) is 4.58. The van der Waals surface area contributed by atoms with Crippen LogP contribution in [0.15, 0.2) is 18.2 Å². The minimum Gasteiger partial charge on any atom is -0.493 e. The third-order valence-electron chi connectivity index (χ3n) is 2.70. The molecule has 0 fully saturated rings. The van der Waals surface area contributed by atoms with Gasteiger partial charge in [-0.25, -0.2) is 0 Å². The van der Waals surface area contributed by atoms with E-state index in [1.165, 1.54) is 12.1 Å². The number of alkyl halides is 3. The van der Waals surface area contributed by atoms with Crippen LogP contribution in [-0.2, 0) is 0 Å². The number of hydrogen-bond acceptors (Lipinski definition) is 2. The number of hydrogen-bond donors (Lipinski definition) is 0. The number of unbranched alkanes of at least 4 members (excludes halogenated alkanes) is 2. The Bertz CT molecular complexity index is 439. The summed E-state index contributed by atoms with van der Waals surface area (Å²) in [5, 5.41) is 0. The van der Waals surface area contributed by atoms with Crippen LogP contribution in [0.2, 0.25) is 0 Å². The maximum absolute atomic E-state index is 12.3. The minimum atomic E-state index is -4.84. The molecule has 1 aromatic carbocycles. The van der Waals surface area contributed by atoms with Gasteiger partial charge >= 0.3 is 6.18 Å². The van der Waals surface area contributed by atoms with Gasteiger partial charge in [0.25, 0.3) is 5.78 Å². The fourth-order valence-corrected chi connectivity index (χ4v) is 1.65. The van der Waals surface area contributed by atoms with Crippen LogP contribution in [0.1, 0.15) is 42.1 Å². The molecular formula is C14H17F3O2. The number of Topliss-reactive ketones (excluding diaryl/α,β-unsaturated/α-hetero) is 1. The topological polar surface area (TPSA) is 26.3 Å². The van der Waals surface area contributed by atoms with Gasteiger partial charge < -0.3 is 4.74 Å². The van der Waals surface area contributed by atoms with E-state index >= 15 is 0 Å². The first kappa shape index (κ1) is 15.5. The second-order valence-electron chi connectivity index (χ2n) is 4.36. The number of carbonyl (C=O) groups excluding carboxylic acids is 1. The summed E-state index contributed by atoms with van der Waals surface area (Å²) in [6.45, 7) is 4.23. The molecule has 0 unspecified atom stereocenters. The highest BCUT2D eigenvalue weighted by Gasteiger charge is 2.39. The number of carbonyl (C=O) groups is 1. The molecule has 0 saturated carbocycles. The Morgan fingerprint density at radius 3 is 2.47 bits per heavy atom. The van der Waals surface area contributed by atoms with Crippen LogP contribution < -0.4 is 4.74 Å². The first-order valence-corrected chi connectivity index (χ1v) is 6.21. The molecule has 0 saturated heterocycles. The van der Waals surface area contributed by atoms with Gasteiger partial charge in [-0.05, 0) is 37.1 Å². The molecule has 106 valence electrons. The van der Waals surface area contributed by atoms with Crippen molar-refractivity contribution in [1.29, 1.82) is 0 Å². The summed E-state index contributed by atoms with van der Waals surface area (Å²) in [5.74, 6) is -1.30. The Morgan fingerprint density at radius 2 is 1.95 bits per heavy atom. The minimum absolute atomic E-state index is 0.356. The van der Waals surface area contributed by atoms with Gasteiger partial charge in [0.05, 0.1) is 6.61 Å². The Labute approximate surface area is 110 Å². The highest BCUT2D eigenvalue weighted by Crippen LogP contribution is 2.25. The Balaban J connectivity index is 2.72. The number of halogens is 3. The van der Waals surface area contributed by atoms with Crippen LogP contribution in [0, 0.1) is 6.92 Å². The van der Waals surface area contributed by atoms with Gasteiger partial charge in [0.2, 0.25) is 0 Å². The zero-order valence-electron chi connectivity index (χ0n) is 11.0. The maximum Gasteiger partial charge on any atom is 0.454 e. The van der Waals surface area contributed by atoms with Crippen LogP contribution >= 0.6 is 0 Å². The molecule has 5 heteroatoms. The molecule has 0 atom stereocenters. The van der Waals surface area contributed by atoms with Crippen molar-refractivity contribution in [2.45, 2.75) is 39.3 Å². The van der Waals surface area contributed by atoms with Crippen molar-refractivity contribution in [1.82, 2.24) is 0 Å². The summed E-state index contributed by atoms with van der Waals surface area (Å²) < 4.78 is 42.3. The normalized spacial score (nSPS) is 11.4. The van der Waals surface area contributed by atoms with E-state index in [0.717, 1.165) is 25.3 Å². The fraction of sp³-hybridized carbons (Fsp3) is 0.500. The van der Waals surface area contributed by atoms with E-state index in [2.05, 4.69) is 6.92 Å². The summed E-state index contributed by atoms with van der Waals surface area (Å²) in [6.07, 6.45) is -1.82. The molecule has 1 aromatic rings. The van der Waals surface area contributed by atoms with Gasteiger partial charge in [-0.2, -0.15) is 13.2 Å². The lowest BCUT2D eigenvalue weighted by molar-refractivity contribution is -0.0885. The van der Waals surface area contributed by atoms with Gasteiger partial charge in [-0.15, -0.1) is 0 Å². The molecule has 19 heavy (non-hydrogen) atoms. The molecule has 0 spiro atoms. The lowest BCUT2D eigenvalue weighted by Gasteiger charge is -2.11. The predicted molar refractivity (Wildman–Crippen MR) is 66.6 cm³/mol. The predicted octanol–water partition coefficient (Wildman–Crippen LogP) is 4.31. The highest BCUT2D eigenvalue weighted by molar-refractivity contribution is 6.00. The molecule has 0 aromatic heterocycles. The van der Waals surface area contributed by atoms with E-state index in [9.17, 15) is 18.0 Å². The van der Waals surface area contributed by atoms with Crippen molar-refractivity contribution in [3.63, 3.8) is 0 Å². The number of benzene rings is 1. The van der Waals surface area contributed by atoms with Crippen molar-refractivity contribution < 1.29 is 22.7 Å². The zero-order valence-corrected chi connectivity index (χ0v) is 11.0. The SMILES string of the molecule is CCCCCOc1ccc(C(=O)C(F)(F)F)cc1C. The van der Waals surface area contributed by atoms with Crippen molar-refractivity contribution >= 4 is 5.78 Å². The molecule has 0 heterocycles. The van der Waals surface area contributed by atoms with Crippen molar-refractivity contribution in [2.75, 3.05) is 6.61 Å². The number of ketones is 1. The van der Waals surface area contributed by atoms with Crippen LogP contribution in [-0.4, -0.2) is 18.6 Å². The van der Waals surface area contributed by atoms with Gasteiger partial charge in [0.1, 0.15) is 5.75 Å². The van der Waals surface area contributed by atoms with Gasteiger partial charge in [0, 0.05) is 5.56 Å². The second kappa shape index (κ2) is 6.59. The van der Waals surface area contributed by atoms with Crippen LogP contribution in [0.25, 0.3) is 0 Å². The standard InChI is InChI=1S/C14H17F3O2/c1-3-4-5-8-19-12-7-6-11(9-10(12)2)13(18)14(15,16)17/h6-7,9H,3-5,8H2,1-2H3. The molecule has 0 amide bonds. The van der Waals surface area contributed by atoms with E-state index in [1.54, 1.807) is 6.92 Å². The van der Waals surface area contributed by atoms with E-state index in [-0.39, 0.29) is 5.56 Å². The van der Waals surface area contributed by atoms with E-state index in [0.29, 0.717) is 17.9 Å². The molecule has 0 aliphatic carbocycles. The molecule has 0 radical (unpaired) electrons. The number of ether oxygens (including phenoxy) is 1. The molecule has 0 aliphatic rings. The summed E-state index contributed by atoms with van der Waals surface area (Å²) in [4.78, 5) is 11.1. The monoisotopic (exact) mass is 274 g/mol. The van der Waals surface area contributed by atoms with E-state index in [4.69, 9.17) is 4.74 Å². The lowest BCUT2D eigenvalue weighted by Crippen LogP contribution is -2.22. The Morgan fingerprint density at radius 1 is 1.26 bits per heavy atom. The summed E-state index contributed by atoms with van der Waals surface area (Å²) in [6, 6.07) is 3.78. The second-order valence-corrected chi connectivity index (χ2v) is 4.36. The molecular weight excluding hydrogens is 257 g/mol. The lowest BCUT2D eigenvalue weighted by atomic mass is 10.1. The number of aryl methyl sites for hydroxylation is 1. The zero-order chi connectivity index (χ0) is 14.5. The number of rotatable bonds is 6. The van der Waals surface area contributed by atoms with Crippen LogP contribution in [0.4, 0.5) is 13.2 Å². The van der Waals surface area contributed by atoms with Crippen LogP contribution in [0.5, 0.6) is 5.75 Å².